The smallest absolute Gasteiger partial charge is 0.127 e. The van der Waals surface area contributed by atoms with E-state index in [1.165, 1.54) is 6.07 Å². The maximum absolute atomic E-state index is 13.6. The molecule has 0 fully saturated rings. The second-order valence-electron chi connectivity index (χ2n) is 4.82. The molecular formula is C17H19F2NO. The number of nitrogens with one attached hydrogen (secondary N) is 1. The number of ether oxygens (including phenoxy) is 1. The average molecular weight is 291 g/mol. The van der Waals surface area contributed by atoms with Crippen LogP contribution in [-0.4, -0.2) is 7.11 Å². The van der Waals surface area contributed by atoms with Gasteiger partial charge in [-0.25, -0.2) is 8.78 Å². The van der Waals surface area contributed by atoms with Crippen LogP contribution >= 0.6 is 0 Å². The maximum Gasteiger partial charge on any atom is 0.127 e. The molecule has 0 aliphatic heterocycles. The van der Waals surface area contributed by atoms with Crippen LogP contribution in [0.15, 0.2) is 42.5 Å². The monoisotopic (exact) mass is 291 g/mol. The standard InChI is InChI=1S/C17H19F2NO/c1-3-16(14-6-4-5-7-17(14)21-2)20-11-12-10-13(18)8-9-15(12)19/h4-10,16,20H,3,11H2,1-2H3. The molecule has 2 rings (SSSR count). The molecule has 0 amide bonds. The van der Waals surface area contributed by atoms with Crippen molar-refractivity contribution in [1.82, 2.24) is 5.32 Å². The molecule has 1 N–H and O–H groups in total. The summed E-state index contributed by atoms with van der Waals surface area (Å²) >= 11 is 0. The van der Waals surface area contributed by atoms with Crippen LogP contribution in [0.3, 0.4) is 0 Å². The lowest BCUT2D eigenvalue weighted by atomic mass is 10.0. The van der Waals surface area contributed by atoms with Gasteiger partial charge in [-0.15, -0.1) is 0 Å². The summed E-state index contributed by atoms with van der Waals surface area (Å²) in [5.41, 5.74) is 1.34. The van der Waals surface area contributed by atoms with E-state index in [0.717, 1.165) is 29.9 Å². The van der Waals surface area contributed by atoms with Crippen LogP contribution in [0, 0.1) is 11.6 Å². The van der Waals surface area contributed by atoms with Crippen LogP contribution in [0.5, 0.6) is 5.75 Å². The number of halogens is 2. The summed E-state index contributed by atoms with van der Waals surface area (Å²) in [6.07, 6.45) is 0.817. The summed E-state index contributed by atoms with van der Waals surface area (Å²) in [5, 5.41) is 3.26. The molecular weight excluding hydrogens is 272 g/mol. The Balaban J connectivity index is 2.14. The van der Waals surface area contributed by atoms with E-state index in [-0.39, 0.29) is 12.6 Å². The van der Waals surface area contributed by atoms with Crippen LogP contribution in [0.25, 0.3) is 0 Å². The van der Waals surface area contributed by atoms with Crippen molar-refractivity contribution < 1.29 is 13.5 Å². The van der Waals surface area contributed by atoms with E-state index in [1.807, 2.05) is 31.2 Å². The van der Waals surface area contributed by atoms with Gasteiger partial charge in [0.15, 0.2) is 0 Å². The number of para-hydroxylation sites is 1. The van der Waals surface area contributed by atoms with Crippen molar-refractivity contribution in [3.63, 3.8) is 0 Å². The summed E-state index contributed by atoms with van der Waals surface area (Å²) in [6.45, 7) is 2.30. The van der Waals surface area contributed by atoms with Gasteiger partial charge in [-0.05, 0) is 30.7 Å². The number of hydrogen-bond donors (Lipinski definition) is 1. The van der Waals surface area contributed by atoms with E-state index < -0.39 is 11.6 Å². The first-order chi connectivity index (χ1) is 10.2. The molecule has 21 heavy (non-hydrogen) atoms. The van der Waals surface area contributed by atoms with Gasteiger partial charge < -0.3 is 10.1 Å². The topological polar surface area (TPSA) is 21.3 Å². The molecule has 0 saturated heterocycles. The molecule has 0 bridgehead atoms. The highest BCUT2D eigenvalue weighted by Crippen LogP contribution is 2.27. The highest BCUT2D eigenvalue weighted by molar-refractivity contribution is 5.36. The van der Waals surface area contributed by atoms with Crippen molar-refractivity contribution in [2.45, 2.75) is 25.9 Å². The minimum atomic E-state index is -0.432. The van der Waals surface area contributed by atoms with E-state index in [2.05, 4.69) is 5.32 Å². The minimum absolute atomic E-state index is 0.0174. The number of hydrogen-bond acceptors (Lipinski definition) is 2. The van der Waals surface area contributed by atoms with Gasteiger partial charge in [0.05, 0.1) is 7.11 Å². The lowest BCUT2D eigenvalue weighted by molar-refractivity contribution is 0.396. The molecule has 0 heterocycles. The quantitative estimate of drug-likeness (QED) is 0.860. The van der Waals surface area contributed by atoms with E-state index in [1.54, 1.807) is 7.11 Å². The van der Waals surface area contributed by atoms with Crippen molar-refractivity contribution in [3.05, 3.63) is 65.2 Å². The van der Waals surface area contributed by atoms with Gasteiger partial charge in [-0.3, -0.25) is 0 Å². The summed E-state index contributed by atoms with van der Waals surface area (Å²) < 4.78 is 32.2. The zero-order chi connectivity index (χ0) is 15.2. The third-order valence-electron chi connectivity index (χ3n) is 3.47. The molecule has 0 aliphatic rings. The molecule has 0 aliphatic carbocycles. The Morgan fingerprint density at radius 2 is 1.90 bits per heavy atom. The molecule has 1 atom stereocenters. The summed E-state index contributed by atoms with van der Waals surface area (Å²) in [6, 6.07) is 11.2. The fraction of sp³-hybridized carbons (Fsp3) is 0.294. The first-order valence-corrected chi connectivity index (χ1v) is 6.96. The molecule has 4 heteroatoms. The zero-order valence-corrected chi connectivity index (χ0v) is 12.2. The fourth-order valence-corrected chi connectivity index (χ4v) is 2.34. The summed E-state index contributed by atoms with van der Waals surface area (Å²) in [7, 11) is 1.62. The SMILES string of the molecule is CCC(NCc1cc(F)ccc1F)c1ccccc1OC. The number of methoxy groups -OCH3 is 1. The van der Waals surface area contributed by atoms with E-state index >= 15 is 0 Å². The molecule has 0 radical (unpaired) electrons. The van der Waals surface area contributed by atoms with Crippen LogP contribution in [0.1, 0.15) is 30.5 Å². The largest absolute Gasteiger partial charge is 0.496 e. The molecule has 2 aromatic carbocycles. The maximum atomic E-state index is 13.6. The van der Waals surface area contributed by atoms with E-state index in [9.17, 15) is 8.78 Å². The fourth-order valence-electron chi connectivity index (χ4n) is 2.34. The van der Waals surface area contributed by atoms with Crippen molar-refractivity contribution in [2.24, 2.45) is 0 Å². The summed E-state index contributed by atoms with van der Waals surface area (Å²) in [4.78, 5) is 0. The second-order valence-corrected chi connectivity index (χ2v) is 4.82. The lowest BCUT2D eigenvalue weighted by Crippen LogP contribution is -2.21. The van der Waals surface area contributed by atoms with Crippen molar-refractivity contribution in [1.29, 1.82) is 0 Å². The number of benzene rings is 2. The Morgan fingerprint density at radius 1 is 1.14 bits per heavy atom. The lowest BCUT2D eigenvalue weighted by Gasteiger charge is -2.20. The molecule has 1 unspecified atom stereocenters. The Morgan fingerprint density at radius 3 is 2.62 bits per heavy atom. The van der Waals surface area contributed by atoms with Crippen LogP contribution in [0.2, 0.25) is 0 Å². The first kappa shape index (κ1) is 15.4. The van der Waals surface area contributed by atoms with E-state index in [0.29, 0.717) is 5.56 Å². The second kappa shape index (κ2) is 7.18. The third kappa shape index (κ3) is 3.79. The van der Waals surface area contributed by atoms with E-state index in [4.69, 9.17) is 4.74 Å². The Hall–Kier alpha value is -1.94. The summed E-state index contributed by atoms with van der Waals surface area (Å²) in [5.74, 6) is -0.0473. The van der Waals surface area contributed by atoms with Gasteiger partial charge in [0.1, 0.15) is 17.4 Å². The predicted molar refractivity (Wildman–Crippen MR) is 79.2 cm³/mol. The molecule has 2 aromatic rings. The number of rotatable bonds is 6. The van der Waals surface area contributed by atoms with Gasteiger partial charge in [0.2, 0.25) is 0 Å². The van der Waals surface area contributed by atoms with Crippen molar-refractivity contribution in [2.75, 3.05) is 7.11 Å². The average Bonchev–Trinajstić information content (AvgIpc) is 2.51. The van der Waals surface area contributed by atoms with Gasteiger partial charge in [0, 0.05) is 23.7 Å². The van der Waals surface area contributed by atoms with Crippen LogP contribution < -0.4 is 10.1 Å². The third-order valence-corrected chi connectivity index (χ3v) is 3.47. The zero-order valence-electron chi connectivity index (χ0n) is 12.2. The van der Waals surface area contributed by atoms with Crippen molar-refractivity contribution >= 4 is 0 Å². The van der Waals surface area contributed by atoms with Crippen molar-refractivity contribution in [3.8, 4) is 5.75 Å². The van der Waals surface area contributed by atoms with Crippen LogP contribution in [0.4, 0.5) is 8.78 Å². The van der Waals surface area contributed by atoms with Gasteiger partial charge in [-0.2, -0.15) is 0 Å². The molecule has 0 spiro atoms. The molecule has 112 valence electrons. The molecule has 0 aromatic heterocycles. The van der Waals surface area contributed by atoms with Gasteiger partial charge >= 0.3 is 0 Å². The molecule has 2 nitrogen and oxygen atoms in total. The Labute approximate surface area is 123 Å². The van der Waals surface area contributed by atoms with Gasteiger partial charge in [0.25, 0.3) is 0 Å². The van der Waals surface area contributed by atoms with Crippen LogP contribution in [-0.2, 0) is 6.54 Å². The highest BCUT2D eigenvalue weighted by atomic mass is 19.1. The highest BCUT2D eigenvalue weighted by Gasteiger charge is 2.14. The Bertz CT molecular complexity index is 601. The minimum Gasteiger partial charge on any atom is -0.496 e. The Kier molecular flexibility index (Phi) is 5.28. The van der Waals surface area contributed by atoms with Gasteiger partial charge in [-0.1, -0.05) is 25.1 Å². The predicted octanol–water partition coefficient (Wildman–Crippen LogP) is 4.21. The molecule has 0 saturated carbocycles. The normalized spacial score (nSPS) is 12.2. The first-order valence-electron chi connectivity index (χ1n) is 6.96.